The Morgan fingerprint density at radius 1 is 1.05 bits per heavy atom. The van der Waals surface area contributed by atoms with Crippen LogP contribution in [0.15, 0.2) is 30.5 Å². The highest BCUT2D eigenvalue weighted by Crippen LogP contribution is 2.41. The van der Waals surface area contributed by atoms with E-state index in [1.54, 1.807) is 0 Å². The van der Waals surface area contributed by atoms with Gasteiger partial charge in [-0.1, -0.05) is 6.07 Å². The van der Waals surface area contributed by atoms with Gasteiger partial charge in [0.25, 0.3) is 0 Å². The van der Waals surface area contributed by atoms with E-state index < -0.39 is 0 Å². The Bertz CT molecular complexity index is 601. The molecular weight excluding hydrogens is 234 g/mol. The Hall–Kier alpha value is -1.48. The molecular formula is C16H21N3. The lowest BCUT2D eigenvalue weighted by atomic mass is 9.97. The largest absolute Gasteiger partial charge is 0.399 e. The predicted molar refractivity (Wildman–Crippen MR) is 79.2 cm³/mol. The molecule has 2 fully saturated rings. The molecule has 2 unspecified atom stereocenters. The van der Waals surface area contributed by atoms with Crippen molar-refractivity contribution >= 4 is 16.6 Å². The lowest BCUT2D eigenvalue weighted by Crippen LogP contribution is -2.40. The van der Waals surface area contributed by atoms with Crippen LogP contribution < -0.4 is 5.73 Å². The van der Waals surface area contributed by atoms with Crippen LogP contribution in [0.25, 0.3) is 10.9 Å². The molecule has 2 aliphatic heterocycles. The summed E-state index contributed by atoms with van der Waals surface area (Å²) in [5.41, 5.74) is 8.11. The van der Waals surface area contributed by atoms with Gasteiger partial charge in [0.2, 0.25) is 0 Å². The third-order valence-corrected chi connectivity index (χ3v) is 5.21. The van der Waals surface area contributed by atoms with Gasteiger partial charge in [-0.15, -0.1) is 0 Å². The number of anilines is 1. The molecule has 2 saturated heterocycles. The van der Waals surface area contributed by atoms with Crippen molar-refractivity contribution in [1.82, 2.24) is 9.47 Å². The van der Waals surface area contributed by atoms with E-state index in [1.807, 2.05) is 6.07 Å². The average molecular weight is 255 g/mol. The number of aromatic nitrogens is 1. The fourth-order valence-electron chi connectivity index (χ4n) is 4.09. The number of nitrogens with zero attached hydrogens (tertiary/aromatic N) is 2. The number of nitrogen functional groups attached to an aromatic ring is 1. The first-order valence-electron chi connectivity index (χ1n) is 7.30. The molecule has 2 bridgehead atoms. The van der Waals surface area contributed by atoms with Gasteiger partial charge in [0, 0.05) is 30.0 Å². The summed E-state index contributed by atoms with van der Waals surface area (Å²) in [7, 11) is 2.30. The number of hydrogen-bond donors (Lipinski definition) is 1. The highest BCUT2D eigenvalue weighted by Gasteiger charge is 2.39. The van der Waals surface area contributed by atoms with Crippen LogP contribution in [0.2, 0.25) is 0 Å². The van der Waals surface area contributed by atoms with Crippen LogP contribution in [0, 0.1) is 0 Å². The van der Waals surface area contributed by atoms with Crippen LogP contribution >= 0.6 is 0 Å². The van der Waals surface area contributed by atoms with Crippen LogP contribution in [-0.4, -0.2) is 28.6 Å². The maximum absolute atomic E-state index is 5.95. The molecule has 1 aromatic heterocycles. The predicted octanol–water partition coefficient (Wildman–Crippen LogP) is 3.02. The molecule has 0 radical (unpaired) electrons. The minimum absolute atomic E-state index is 0.646. The van der Waals surface area contributed by atoms with Crippen LogP contribution in [-0.2, 0) is 0 Å². The zero-order chi connectivity index (χ0) is 13.0. The van der Waals surface area contributed by atoms with Gasteiger partial charge in [-0.3, -0.25) is 0 Å². The van der Waals surface area contributed by atoms with Crippen LogP contribution in [0.1, 0.15) is 31.7 Å². The Kier molecular flexibility index (Phi) is 2.39. The van der Waals surface area contributed by atoms with Gasteiger partial charge in [0.05, 0.1) is 5.52 Å². The number of hydrogen-bond acceptors (Lipinski definition) is 2. The molecule has 19 heavy (non-hydrogen) atoms. The molecule has 0 saturated carbocycles. The Balaban J connectivity index is 1.73. The second kappa shape index (κ2) is 4.01. The summed E-state index contributed by atoms with van der Waals surface area (Å²) in [5, 5.41) is 1.31. The second-order valence-electron chi connectivity index (χ2n) is 6.22. The zero-order valence-electron chi connectivity index (χ0n) is 11.4. The average Bonchev–Trinajstić information content (AvgIpc) is 2.87. The summed E-state index contributed by atoms with van der Waals surface area (Å²) in [6.45, 7) is 0. The summed E-state index contributed by atoms with van der Waals surface area (Å²) in [6.07, 6.45) is 7.56. The third-order valence-electron chi connectivity index (χ3n) is 5.21. The van der Waals surface area contributed by atoms with E-state index in [1.165, 1.54) is 36.6 Å². The van der Waals surface area contributed by atoms with E-state index in [4.69, 9.17) is 5.73 Å². The van der Waals surface area contributed by atoms with Crippen molar-refractivity contribution in [2.45, 2.75) is 43.8 Å². The van der Waals surface area contributed by atoms with Gasteiger partial charge in [0.15, 0.2) is 0 Å². The topological polar surface area (TPSA) is 34.2 Å². The number of rotatable bonds is 1. The molecule has 100 valence electrons. The van der Waals surface area contributed by atoms with Gasteiger partial charge in [-0.25, -0.2) is 0 Å². The lowest BCUT2D eigenvalue weighted by molar-refractivity contribution is 0.139. The maximum atomic E-state index is 5.95. The Labute approximate surface area is 114 Å². The SMILES string of the molecule is CN1C2CCC1CC(n1ccc3ccc(N)cc31)C2. The molecule has 2 aromatic rings. The summed E-state index contributed by atoms with van der Waals surface area (Å²) >= 11 is 0. The monoisotopic (exact) mass is 255 g/mol. The van der Waals surface area contributed by atoms with Gasteiger partial charge in [-0.2, -0.15) is 0 Å². The molecule has 0 amide bonds. The van der Waals surface area contributed by atoms with E-state index in [2.05, 4.69) is 40.9 Å². The number of piperidine rings is 1. The first-order chi connectivity index (χ1) is 9.22. The normalized spacial score (nSPS) is 31.1. The quantitative estimate of drug-likeness (QED) is 0.795. The lowest BCUT2D eigenvalue weighted by Gasteiger charge is -2.37. The summed E-state index contributed by atoms with van der Waals surface area (Å²) in [6, 6.07) is 10.7. The molecule has 3 nitrogen and oxygen atoms in total. The van der Waals surface area contributed by atoms with Gasteiger partial charge in [-0.05, 0) is 56.3 Å². The minimum Gasteiger partial charge on any atom is -0.399 e. The van der Waals surface area contributed by atoms with Crippen LogP contribution in [0.4, 0.5) is 5.69 Å². The summed E-state index contributed by atoms with van der Waals surface area (Å²) in [4.78, 5) is 2.59. The molecule has 3 heteroatoms. The molecule has 3 heterocycles. The van der Waals surface area contributed by atoms with Gasteiger partial charge >= 0.3 is 0 Å². The number of nitrogens with two attached hydrogens (primary N) is 1. The Morgan fingerprint density at radius 3 is 2.53 bits per heavy atom. The van der Waals surface area contributed by atoms with Crippen molar-refractivity contribution in [2.75, 3.05) is 12.8 Å². The highest BCUT2D eigenvalue weighted by atomic mass is 15.2. The van der Waals surface area contributed by atoms with Crippen LogP contribution in [0.5, 0.6) is 0 Å². The molecule has 4 rings (SSSR count). The number of fused-ring (bicyclic) bond motifs is 3. The van der Waals surface area contributed by atoms with E-state index in [0.29, 0.717) is 6.04 Å². The second-order valence-corrected chi connectivity index (χ2v) is 6.22. The van der Waals surface area contributed by atoms with Crippen molar-refractivity contribution in [2.24, 2.45) is 0 Å². The smallest absolute Gasteiger partial charge is 0.0503 e. The molecule has 2 aliphatic rings. The highest BCUT2D eigenvalue weighted by molar-refractivity contribution is 5.83. The summed E-state index contributed by atoms with van der Waals surface area (Å²) < 4.78 is 2.46. The fraction of sp³-hybridized carbons (Fsp3) is 0.500. The Morgan fingerprint density at radius 2 is 1.79 bits per heavy atom. The van der Waals surface area contributed by atoms with Crippen molar-refractivity contribution in [3.63, 3.8) is 0 Å². The molecule has 0 aliphatic carbocycles. The molecule has 2 N–H and O–H groups in total. The van der Waals surface area contributed by atoms with Gasteiger partial charge < -0.3 is 15.2 Å². The molecule has 1 aromatic carbocycles. The van der Waals surface area contributed by atoms with Crippen molar-refractivity contribution in [3.8, 4) is 0 Å². The third kappa shape index (κ3) is 1.68. The first kappa shape index (κ1) is 11.4. The van der Waals surface area contributed by atoms with E-state index in [-0.39, 0.29) is 0 Å². The van der Waals surface area contributed by atoms with Crippen LogP contribution in [0.3, 0.4) is 0 Å². The number of benzene rings is 1. The van der Waals surface area contributed by atoms with E-state index in [9.17, 15) is 0 Å². The fourth-order valence-corrected chi connectivity index (χ4v) is 4.09. The summed E-state index contributed by atoms with van der Waals surface area (Å²) in [5.74, 6) is 0. The van der Waals surface area contributed by atoms with E-state index in [0.717, 1.165) is 17.8 Å². The van der Waals surface area contributed by atoms with Crippen molar-refractivity contribution < 1.29 is 0 Å². The molecule has 2 atom stereocenters. The maximum Gasteiger partial charge on any atom is 0.0503 e. The first-order valence-corrected chi connectivity index (χ1v) is 7.30. The van der Waals surface area contributed by atoms with E-state index >= 15 is 0 Å². The van der Waals surface area contributed by atoms with Crippen molar-refractivity contribution in [1.29, 1.82) is 0 Å². The zero-order valence-corrected chi connectivity index (χ0v) is 11.4. The minimum atomic E-state index is 0.646. The van der Waals surface area contributed by atoms with Gasteiger partial charge in [0.1, 0.15) is 0 Å². The standard InChI is InChI=1S/C16H21N3/c1-18-13-4-5-14(18)10-15(9-13)19-7-6-11-2-3-12(17)8-16(11)19/h2-3,6-8,13-15H,4-5,9-10,17H2,1H3. The molecule has 0 spiro atoms. The van der Waals surface area contributed by atoms with Crippen molar-refractivity contribution in [3.05, 3.63) is 30.5 Å².